The van der Waals surface area contributed by atoms with Crippen molar-refractivity contribution >= 4 is 23.5 Å². The maximum absolute atomic E-state index is 12.8. The lowest BCUT2D eigenvalue weighted by Gasteiger charge is -2.43. The first kappa shape index (κ1) is 17.5. The van der Waals surface area contributed by atoms with Crippen molar-refractivity contribution in [2.45, 2.75) is 6.17 Å². The molecule has 0 aromatic heterocycles. The lowest BCUT2D eigenvalue weighted by molar-refractivity contribution is -0.119. The average Bonchev–Trinajstić information content (AvgIpc) is 2.66. The molecule has 134 valence electrons. The molecule has 2 aromatic carbocycles. The van der Waals surface area contributed by atoms with Crippen molar-refractivity contribution in [2.75, 3.05) is 25.5 Å². The van der Waals surface area contributed by atoms with E-state index in [0.29, 0.717) is 11.3 Å². The number of carbonyl (C=O) groups is 3. The molecule has 2 aromatic rings. The van der Waals surface area contributed by atoms with Crippen molar-refractivity contribution in [3.8, 4) is 0 Å². The number of anilines is 1. The van der Waals surface area contributed by atoms with Crippen LogP contribution in [0.2, 0.25) is 0 Å². The zero-order valence-corrected chi connectivity index (χ0v) is 14.5. The highest BCUT2D eigenvalue weighted by Crippen LogP contribution is 2.37. The van der Waals surface area contributed by atoms with Crippen LogP contribution in [0.1, 0.15) is 32.4 Å². The molecule has 0 fully saturated rings. The highest BCUT2D eigenvalue weighted by Gasteiger charge is 2.37. The van der Waals surface area contributed by atoms with Crippen LogP contribution in [0.15, 0.2) is 48.5 Å². The van der Waals surface area contributed by atoms with E-state index in [-0.39, 0.29) is 23.9 Å². The fourth-order valence-electron chi connectivity index (χ4n) is 3.15. The van der Waals surface area contributed by atoms with Gasteiger partial charge in [0.1, 0.15) is 6.17 Å². The van der Waals surface area contributed by atoms with Crippen LogP contribution in [0.3, 0.4) is 0 Å². The topological polar surface area (TPSA) is 90.0 Å². The Kier molecular flexibility index (Phi) is 4.62. The number of carbonyl (C=O) groups excluding carboxylic acids is 2. The summed E-state index contributed by atoms with van der Waals surface area (Å²) in [6, 6.07) is 13.5. The maximum atomic E-state index is 12.8. The van der Waals surface area contributed by atoms with E-state index in [2.05, 4.69) is 5.32 Å². The van der Waals surface area contributed by atoms with Gasteiger partial charge in [0.15, 0.2) is 0 Å². The van der Waals surface area contributed by atoms with E-state index < -0.39 is 12.1 Å². The van der Waals surface area contributed by atoms with E-state index >= 15 is 0 Å². The number of nitrogens with zero attached hydrogens (tertiary/aromatic N) is 2. The van der Waals surface area contributed by atoms with Gasteiger partial charge in [-0.1, -0.05) is 24.3 Å². The van der Waals surface area contributed by atoms with E-state index in [9.17, 15) is 14.4 Å². The van der Waals surface area contributed by atoms with Crippen LogP contribution in [-0.2, 0) is 4.79 Å². The van der Waals surface area contributed by atoms with Gasteiger partial charge in [-0.05, 0) is 29.8 Å². The number of nitrogens with one attached hydrogen (secondary N) is 1. The van der Waals surface area contributed by atoms with Crippen molar-refractivity contribution in [3.05, 3.63) is 65.2 Å². The monoisotopic (exact) mass is 353 g/mol. The fraction of sp³-hybridized carbons (Fsp3) is 0.211. The van der Waals surface area contributed by atoms with Crippen LogP contribution in [0.25, 0.3) is 0 Å². The zero-order valence-electron chi connectivity index (χ0n) is 14.5. The lowest BCUT2D eigenvalue weighted by Crippen LogP contribution is -2.50. The van der Waals surface area contributed by atoms with E-state index in [1.807, 2.05) is 17.0 Å². The van der Waals surface area contributed by atoms with Crippen LogP contribution in [0.4, 0.5) is 5.69 Å². The molecule has 0 saturated heterocycles. The number of likely N-dealkylation sites (N-methyl/N-ethyl adjacent to an activating group) is 1. The Morgan fingerprint density at radius 3 is 2.38 bits per heavy atom. The van der Waals surface area contributed by atoms with Gasteiger partial charge in [0.05, 0.1) is 23.4 Å². The number of hydrogen-bond donors (Lipinski definition) is 2. The Hall–Kier alpha value is -3.35. The average molecular weight is 353 g/mol. The van der Waals surface area contributed by atoms with Gasteiger partial charge < -0.3 is 20.2 Å². The minimum absolute atomic E-state index is 0.0660. The molecule has 0 spiro atoms. The van der Waals surface area contributed by atoms with Crippen LogP contribution in [-0.4, -0.2) is 48.4 Å². The summed E-state index contributed by atoms with van der Waals surface area (Å²) in [5, 5.41) is 11.7. The highest BCUT2D eigenvalue weighted by molar-refractivity contribution is 6.02. The molecule has 0 saturated carbocycles. The smallest absolute Gasteiger partial charge is 0.335 e. The Balaban J connectivity index is 2.09. The summed E-state index contributed by atoms with van der Waals surface area (Å²) in [6.45, 7) is 0.0660. The Morgan fingerprint density at radius 1 is 1.12 bits per heavy atom. The zero-order chi connectivity index (χ0) is 18.8. The van der Waals surface area contributed by atoms with Gasteiger partial charge in [0.2, 0.25) is 5.91 Å². The number of amides is 2. The van der Waals surface area contributed by atoms with Crippen molar-refractivity contribution in [3.63, 3.8) is 0 Å². The molecule has 0 bridgehead atoms. The first-order chi connectivity index (χ1) is 12.4. The summed E-state index contributed by atoms with van der Waals surface area (Å²) in [5.74, 6) is -1.35. The summed E-state index contributed by atoms with van der Waals surface area (Å²) >= 11 is 0. The van der Waals surface area contributed by atoms with Gasteiger partial charge in [-0.25, -0.2) is 4.79 Å². The first-order valence-corrected chi connectivity index (χ1v) is 8.10. The van der Waals surface area contributed by atoms with Gasteiger partial charge in [0.25, 0.3) is 5.91 Å². The van der Waals surface area contributed by atoms with Crippen LogP contribution >= 0.6 is 0 Å². The predicted molar refractivity (Wildman–Crippen MR) is 96.1 cm³/mol. The summed E-state index contributed by atoms with van der Waals surface area (Å²) in [7, 11) is 3.23. The Labute approximate surface area is 150 Å². The van der Waals surface area contributed by atoms with Crippen LogP contribution in [0.5, 0.6) is 0 Å². The van der Waals surface area contributed by atoms with Gasteiger partial charge in [-0.15, -0.1) is 0 Å². The van der Waals surface area contributed by atoms with Crippen molar-refractivity contribution in [1.82, 2.24) is 10.2 Å². The van der Waals surface area contributed by atoms with E-state index in [1.165, 1.54) is 12.1 Å². The molecule has 1 heterocycles. The highest BCUT2D eigenvalue weighted by atomic mass is 16.4. The largest absolute Gasteiger partial charge is 0.478 e. The summed E-state index contributed by atoms with van der Waals surface area (Å²) in [4.78, 5) is 39.3. The molecule has 1 aliphatic heterocycles. The van der Waals surface area contributed by atoms with Crippen LogP contribution in [0, 0.1) is 0 Å². The molecule has 3 rings (SSSR count). The number of fused-ring (bicyclic) bond motifs is 1. The quantitative estimate of drug-likeness (QED) is 0.874. The predicted octanol–water partition coefficient (Wildman–Crippen LogP) is 1.72. The molecule has 26 heavy (non-hydrogen) atoms. The third-order valence-electron chi connectivity index (χ3n) is 4.47. The number of carboxylic acids is 1. The molecule has 0 aliphatic carbocycles. The normalized spacial score (nSPS) is 16.2. The van der Waals surface area contributed by atoms with E-state index in [4.69, 9.17) is 5.11 Å². The summed E-state index contributed by atoms with van der Waals surface area (Å²) < 4.78 is 0. The maximum Gasteiger partial charge on any atom is 0.335 e. The fourth-order valence-corrected chi connectivity index (χ4v) is 3.15. The van der Waals surface area contributed by atoms with Crippen molar-refractivity contribution < 1.29 is 19.5 Å². The molecule has 0 unspecified atom stereocenters. The second kappa shape index (κ2) is 6.87. The lowest BCUT2D eigenvalue weighted by atomic mass is 10.0. The number of benzene rings is 2. The molecule has 1 atom stereocenters. The van der Waals surface area contributed by atoms with Gasteiger partial charge >= 0.3 is 5.97 Å². The Morgan fingerprint density at radius 2 is 1.77 bits per heavy atom. The number of carboxylic acid groups (broad SMARTS) is 1. The second-order valence-electron chi connectivity index (χ2n) is 6.04. The van der Waals surface area contributed by atoms with E-state index in [0.717, 1.165) is 5.56 Å². The minimum atomic E-state index is -1.02. The second-order valence-corrected chi connectivity index (χ2v) is 6.04. The minimum Gasteiger partial charge on any atom is -0.478 e. The molecule has 2 amide bonds. The molecule has 1 aliphatic rings. The molecular formula is C19H19N3O4. The SMILES string of the molecule is CNC(=O)CN1c2ccccc2C(=O)N(C)[C@@H]1c1ccc(C(=O)O)cc1. The third kappa shape index (κ3) is 2.99. The Bertz CT molecular complexity index is 863. The van der Waals surface area contributed by atoms with Gasteiger partial charge in [-0.2, -0.15) is 0 Å². The number of aromatic carboxylic acids is 1. The number of para-hydroxylation sites is 1. The first-order valence-electron chi connectivity index (χ1n) is 8.10. The molecule has 7 heteroatoms. The standard InChI is InChI=1S/C19H19N3O4/c1-20-16(23)11-22-15-6-4-3-5-14(15)18(24)21(2)17(22)12-7-9-13(10-8-12)19(25)26/h3-10,17H,11H2,1-2H3,(H,20,23)(H,25,26)/t17-/m0/s1. The molecular weight excluding hydrogens is 334 g/mol. The van der Waals surface area contributed by atoms with Crippen molar-refractivity contribution in [1.29, 1.82) is 0 Å². The molecule has 7 nitrogen and oxygen atoms in total. The van der Waals surface area contributed by atoms with E-state index in [1.54, 1.807) is 43.3 Å². The summed E-state index contributed by atoms with van der Waals surface area (Å²) in [5.41, 5.74) is 2.09. The van der Waals surface area contributed by atoms with Gasteiger partial charge in [-0.3, -0.25) is 9.59 Å². The summed E-state index contributed by atoms with van der Waals surface area (Å²) in [6.07, 6.45) is -0.516. The number of rotatable bonds is 4. The number of hydrogen-bond acceptors (Lipinski definition) is 4. The third-order valence-corrected chi connectivity index (χ3v) is 4.47. The molecule has 0 radical (unpaired) electrons. The molecule has 2 N–H and O–H groups in total. The van der Waals surface area contributed by atoms with Gasteiger partial charge in [0, 0.05) is 14.1 Å². The van der Waals surface area contributed by atoms with Crippen molar-refractivity contribution in [2.24, 2.45) is 0 Å². The van der Waals surface area contributed by atoms with Crippen LogP contribution < -0.4 is 10.2 Å².